The van der Waals surface area contributed by atoms with Gasteiger partial charge >= 0.3 is 5.69 Å². The molecule has 8 nitrogen and oxygen atoms in total. The number of hydrogen-bond donors (Lipinski definition) is 2. The highest BCUT2D eigenvalue weighted by Gasteiger charge is 2.15. The van der Waals surface area contributed by atoms with Crippen LogP contribution in [-0.2, 0) is 6.54 Å². The number of hydrogen-bond acceptors (Lipinski definition) is 6. The second-order valence-corrected chi connectivity index (χ2v) is 3.32. The summed E-state index contributed by atoms with van der Waals surface area (Å²) in [5.41, 5.74) is -0.523. The van der Waals surface area contributed by atoms with Gasteiger partial charge in [0.25, 0.3) is 0 Å². The molecule has 2 N–H and O–H groups in total. The van der Waals surface area contributed by atoms with E-state index >= 15 is 0 Å². The molecule has 0 atom stereocenters. The second-order valence-electron chi connectivity index (χ2n) is 3.32. The van der Waals surface area contributed by atoms with Crippen LogP contribution in [0.15, 0.2) is 24.5 Å². The summed E-state index contributed by atoms with van der Waals surface area (Å²) < 4.78 is 0. The molecule has 0 radical (unpaired) electrons. The van der Waals surface area contributed by atoms with Gasteiger partial charge in [-0.15, -0.1) is 0 Å². The molecule has 0 amide bonds. The lowest BCUT2D eigenvalue weighted by atomic mass is 10.3. The van der Waals surface area contributed by atoms with Crippen molar-refractivity contribution in [3.8, 4) is 6.07 Å². The van der Waals surface area contributed by atoms with Gasteiger partial charge in [0.1, 0.15) is 17.7 Å². The summed E-state index contributed by atoms with van der Waals surface area (Å²) in [6.45, 7) is 0.392. The zero-order chi connectivity index (χ0) is 13.0. The first kappa shape index (κ1) is 11.5. The van der Waals surface area contributed by atoms with Gasteiger partial charge in [0.05, 0.1) is 11.5 Å². The Bertz CT molecular complexity index is 601. The molecule has 2 heterocycles. The van der Waals surface area contributed by atoms with Crippen molar-refractivity contribution in [1.82, 2.24) is 15.0 Å². The number of pyridine rings is 1. The third-order valence-electron chi connectivity index (χ3n) is 2.17. The Kier molecular flexibility index (Phi) is 3.15. The van der Waals surface area contributed by atoms with E-state index in [2.05, 4.69) is 20.3 Å². The molecule has 90 valence electrons. The fourth-order valence-corrected chi connectivity index (χ4v) is 1.35. The first-order chi connectivity index (χ1) is 8.70. The third kappa shape index (κ3) is 2.41. The van der Waals surface area contributed by atoms with E-state index in [1.54, 1.807) is 18.5 Å². The van der Waals surface area contributed by atoms with E-state index < -0.39 is 4.92 Å². The molecule has 0 aliphatic rings. The number of aromatic amines is 1. The summed E-state index contributed by atoms with van der Waals surface area (Å²) in [7, 11) is 0. The summed E-state index contributed by atoms with van der Waals surface area (Å²) in [6, 6.07) is 4.39. The van der Waals surface area contributed by atoms with Gasteiger partial charge in [-0.25, -0.2) is 9.97 Å². The van der Waals surface area contributed by atoms with Crippen LogP contribution < -0.4 is 5.32 Å². The van der Waals surface area contributed by atoms with E-state index in [0.29, 0.717) is 18.2 Å². The molecular formula is C10H8N6O2. The number of aromatic nitrogens is 3. The maximum atomic E-state index is 10.6. The fourth-order valence-electron chi connectivity index (χ4n) is 1.35. The molecule has 0 aliphatic heterocycles. The number of nitrogens with one attached hydrogen (secondary N) is 2. The number of nitro groups is 1. The average molecular weight is 244 g/mol. The van der Waals surface area contributed by atoms with Crippen molar-refractivity contribution in [2.45, 2.75) is 6.54 Å². The number of H-pyrrole nitrogens is 1. The van der Waals surface area contributed by atoms with Crippen molar-refractivity contribution in [1.29, 1.82) is 5.26 Å². The highest BCUT2D eigenvalue weighted by atomic mass is 16.6. The Morgan fingerprint density at radius 3 is 3.00 bits per heavy atom. The summed E-state index contributed by atoms with van der Waals surface area (Å²) in [5, 5.41) is 22.3. The van der Waals surface area contributed by atoms with E-state index in [1.165, 1.54) is 12.1 Å². The maximum absolute atomic E-state index is 10.6. The molecule has 0 aromatic carbocycles. The molecule has 0 unspecified atom stereocenters. The van der Waals surface area contributed by atoms with Crippen molar-refractivity contribution < 1.29 is 4.92 Å². The van der Waals surface area contributed by atoms with Crippen molar-refractivity contribution >= 4 is 11.5 Å². The Morgan fingerprint density at radius 1 is 1.56 bits per heavy atom. The van der Waals surface area contributed by atoms with E-state index in [4.69, 9.17) is 5.26 Å². The molecule has 8 heteroatoms. The van der Waals surface area contributed by atoms with Crippen LogP contribution in [0.25, 0.3) is 0 Å². The molecule has 0 saturated heterocycles. The minimum absolute atomic E-state index is 0.218. The smallest absolute Gasteiger partial charge is 0.305 e. The van der Waals surface area contributed by atoms with Crippen molar-refractivity contribution in [2.75, 3.05) is 5.32 Å². The standard InChI is InChI=1S/C10H8N6O2/c11-5-7-8(16(17)18)1-2-9(15-7)14-6-10-12-3-4-13-10/h1-4H,6H2,(H,12,13)(H,14,15). The van der Waals surface area contributed by atoms with Gasteiger partial charge in [0.2, 0.25) is 5.69 Å². The topological polar surface area (TPSA) is 121 Å². The molecule has 2 aromatic rings. The Morgan fingerprint density at radius 2 is 2.39 bits per heavy atom. The third-order valence-corrected chi connectivity index (χ3v) is 2.17. The Hall–Kier alpha value is -2.95. The Balaban J connectivity index is 2.15. The summed E-state index contributed by atoms with van der Waals surface area (Å²) in [4.78, 5) is 20.7. The Labute approximate surface area is 101 Å². The molecule has 2 rings (SSSR count). The highest BCUT2D eigenvalue weighted by molar-refractivity contribution is 5.50. The number of anilines is 1. The molecule has 2 aromatic heterocycles. The minimum atomic E-state index is -0.637. The highest BCUT2D eigenvalue weighted by Crippen LogP contribution is 2.18. The van der Waals surface area contributed by atoms with Crippen LogP contribution in [0.1, 0.15) is 11.5 Å². The van der Waals surface area contributed by atoms with Crippen LogP contribution in [0, 0.1) is 21.4 Å². The molecule has 0 saturated carbocycles. The number of nitriles is 1. The van der Waals surface area contributed by atoms with Crippen LogP contribution in [0.5, 0.6) is 0 Å². The van der Waals surface area contributed by atoms with E-state index in [9.17, 15) is 10.1 Å². The van der Waals surface area contributed by atoms with Crippen molar-refractivity contribution in [3.63, 3.8) is 0 Å². The maximum Gasteiger partial charge on any atom is 0.305 e. The van der Waals surface area contributed by atoms with Gasteiger partial charge in [-0.1, -0.05) is 0 Å². The quantitative estimate of drug-likeness (QED) is 0.615. The van der Waals surface area contributed by atoms with Crippen LogP contribution >= 0.6 is 0 Å². The minimum Gasteiger partial charge on any atom is -0.363 e. The van der Waals surface area contributed by atoms with Crippen LogP contribution in [0.4, 0.5) is 11.5 Å². The lowest BCUT2D eigenvalue weighted by Gasteiger charge is -2.03. The number of nitrogens with zero attached hydrogens (tertiary/aromatic N) is 4. The van der Waals surface area contributed by atoms with Crippen molar-refractivity contribution in [2.24, 2.45) is 0 Å². The van der Waals surface area contributed by atoms with E-state index in [-0.39, 0.29) is 11.4 Å². The summed E-state index contributed by atoms with van der Waals surface area (Å²) in [5.74, 6) is 1.09. The molecule has 0 bridgehead atoms. The van der Waals surface area contributed by atoms with Gasteiger partial charge in [0.15, 0.2) is 0 Å². The zero-order valence-corrected chi connectivity index (χ0v) is 9.12. The second kappa shape index (κ2) is 4.92. The molecule has 0 fully saturated rings. The van der Waals surface area contributed by atoms with Crippen LogP contribution in [0.3, 0.4) is 0 Å². The van der Waals surface area contributed by atoms with Gasteiger partial charge < -0.3 is 10.3 Å². The van der Waals surface area contributed by atoms with Crippen LogP contribution in [0.2, 0.25) is 0 Å². The van der Waals surface area contributed by atoms with E-state index in [0.717, 1.165) is 0 Å². The molecule has 0 aliphatic carbocycles. The zero-order valence-electron chi connectivity index (χ0n) is 9.12. The SMILES string of the molecule is N#Cc1nc(NCc2ncc[nH]2)ccc1[N+](=O)[O-]. The number of imidazole rings is 1. The van der Waals surface area contributed by atoms with Gasteiger partial charge in [-0.2, -0.15) is 5.26 Å². The lowest BCUT2D eigenvalue weighted by Crippen LogP contribution is -2.04. The lowest BCUT2D eigenvalue weighted by molar-refractivity contribution is -0.385. The van der Waals surface area contributed by atoms with Gasteiger partial charge in [0, 0.05) is 18.5 Å². The largest absolute Gasteiger partial charge is 0.363 e. The first-order valence-corrected chi connectivity index (χ1v) is 4.98. The first-order valence-electron chi connectivity index (χ1n) is 4.98. The van der Waals surface area contributed by atoms with Crippen molar-refractivity contribution in [3.05, 3.63) is 46.2 Å². The predicted molar refractivity (Wildman–Crippen MR) is 61.5 cm³/mol. The summed E-state index contributed by atoms with van der Waals surface area (Å²) in [6.07, 6.45) is 3.29. The number of rotatable bonds is 4. The monoisotopic (exact) mass is 244 g/mol. The van der Waals surface area contributed by atoms with Gasteiger partial charge in [-0.3, -0.25) is 10.1 Å². The molecular weight excluding hydrogens is 236 g/mol. The molecule has 0 spiro atoms. The van der Waals surface area contributed by atoms with E-state index in [1.807, 2.05) is 0 Å². The average Bonchev–Trinajstić information content (AvgIpc) is 2.88. The van der Waals surface area contributed by atoms with Crippen LogP contribution in [-0.4, -0.2) is 19.9 Å². The normalized spacial score (nSPS) is 9.72. The predicted octanol–water partition coefficient (Wildman–Crippen LogP) is 1.20. The fraction of sp³-hybridized carbons (Fsp3) is 0.100. The molecule has 18 heavy (non-hydrogen) atoms. The van der Waals surface area contributed by atoms with Gasteiger partial charge in [-0.05, 0) is 6.07 Å². The summed E-state index contributed by atoms with van der Waals surface area (Å²) >= 11 is 0.